The lowest BCUT2D eigenvalue weighted by Crippen LogP contribution is -2.34. The van der Waals surface area contributed by atoms with Gasteiger partial charge in [0.25, 0.3) is 0 Å². The number of likely N-dealkylation sites (tertiary alicyclic amines) is 1. The maximum atomic E-state index is 12.4. The monoisotopic (exact) mass is 351 g/mol. The topological polar surface area (TPSA) is 46.6 Å². The van der Waals surface area contributed by atoms with Crippen molar-refractivity contribution in [1.82, 2.24) is 4.90 Å². The molecule has 1 aromatic rings. The van der Waals surface area contributed by atoms with E-state index in [1.807, 2.05) is 0 Å². The quantitative estimate of drug-likeness (QED) is 0.602. The van der Waals surface area contributed by atoms with Crippen LogP contribution in [-0.2, 0) is 10.1 Å². The van der Waals surface area contributed by atoms with Crippen LogP contribution in [0.1, 0.15) is 37.7 Å². The van der Waals surface area contributed by atoms with Crippen molar-refractivity contribution in [3.05, 3.63) is 29.8 Å². The van der Waals surface area contributed by atoms with Gasteiger partial charge in [-0.15, -0.1) is 0 Å². The summed E-state index contributed by atoms with van der Waals surface area (Å²) in [7, 11) is -5.63. The Morgan fingerprint density at radius 1 is 1.35 bits per heavy atom. The highest BCUT2D eigenvalue weighted by Crippen LogP contribution is 2.31. The summed E-state index contributed by atoms with van der Waals surface area (Å²) in [5.41, 5.74) is -4.62. The van der Waals surface area contributed by atoms with Crippen LogP contribution in [0.5, 0.6) is 5.75 Å². The molecule has 2 rings (SSSR count). The molecule has 1 saturated heterocycles. The van der Waals surface area contributed by atoms with E-state index in [0.29, 0.717) is 0 Å². The van der Waals surface area contributed by atoms with E-state index in [4.69, 9.17) is 0 Å². The van der Waals surface area contributed by atoms with Crippen LogP contribution in [0.25, 0.3) is 0 Å². The second kappa shape index (κ2) is 7.09. The minimum Gasteiger partial charge on any atom is -0.376 e. The van der Waals surface area contributed by atoms with Gasteiger partial charge in [-0.25, -0.2) is 0 Å². The van der Waals surface area contributed by atoms with Crippen molar-refractivity contribution >= 4 is 10.1 Å². The van der Waals surface area contributed by atoms with E-state index >= 15 is 0 Å². The third-order valence-electron chi connectivity index (χ3n) is 3.86. The molecule has 0 amide bonds. The summed E-state index contributed by atoms with van der Waals surface area (Å²) in [5, 5.41) is 0. The van der Waals surface area contributed by atoms with E-state index in [9.17, 15) is 21.6 Å². The Labute approximate surface area is 134 Å². The molecule has 8 heteroatoms. The summed E-state index contributed by atoms with van der Waals surface area (Å²) in [6, 6.07) is 5.94. The van der Waals surface area contributed by atoms with Crippen LogP contribution in [0.3, 0.4) is 0 Å². The van der Waals surface area contributed by atoms with E-state index < -0.39 is 15.6 Å². The molecule has 130 valence electrons. The van der Waals surface area contributed by atoms with Gasteiger partial charge in [-0.1, -0.05) is 19.1 Å². The average molecular weight is 351 g/mol. The number of nitrogens with zero attached hydrogens (tertiary/aromatic N) is 1. The standard InChI is InChI=1S/C15H20F3NO3S/c1-2-8-19-9-4-6-13(11-19)12-5-3-7-14(10-12)22-23(20,21)15(16,17)18/h3,5,7,10,13H,2,4,6,8-9,11H2,1H3. The van der Waals surface area contributed by atoms with E-state index in [1.165, 1.54) is 18.2 Å². The highest BCUT2D eigenvalue weighted by molar-refractivity contribution is 7.88. The summed E-state index contributed by atoms with van der Waals surface area (Å²) in [6.07, 6.45) is 2.98. The van der Waals surface area contributed by atoms with Crippen molar-refractivity contribution < 1.29 is 25.8 Å². The maximum Gasteiger partial charge on any atom is 0.534 e. The molecule has 1 unspecified atom stereocenters. The lowest BCUT2D eigenvalue weighted by Gasteiger charge is -2.32. The lowest BCUT2D eigenvalue weighted by atomic mass is 9.90. The Kier molecular flexibility index (Phi) is 5.57. The van der Waals surface area contributed by atoms with E-state index in [-0.39, 0.29) is 11.7 Å². The molecule has 1 fully saturated rings. The van der Waals surface area contributed by atoms with E-state index in [2.05, 4.69) is 16.0 Å². The Morgan fingerprint density at radius 2 is 2.09 bits per heavy atom. The Hall–Kier alpha value is -1.28. The lowest BCUT2D eigenvalue weighted by molar-refractivity contribution is -0.0500. The number of benzene rings is 1. The fourth-order valence-corrected chi connectivity index (χ4v) is 3.29. The van der Waals surface area contributed by atoms with Crippen molar-refractivity contribution in [2.45, 2.75) is 37.6 Å². The van der Waals surface area contributed by atoms with Crippen LogP contribution >= 0.6 is 0 Å². The van der Waals surface area contributed by atoms with Gasteiger partial charge < -0.3 is 9.08 Å². The highest BCUT2D eigenvalue weighted by atomic mass is 32.2. The Morgan fingerprint density at radius 3 is 2.74 bits per heavy atom. The number of rotatable bonds is 5. The first-order chi connectivity index (χ1) is 10.7. The van der Waals surface area contributed by atoms with Gasteiger partial charge in [-0.2, -0.15) is 21.6 Å². The fourth-order valence-electron chi connectivity index (χ4n) is 2.84. The summed E-state index contributed by atoms with van der Waals surface area (Å²) in [6.45, 7) is 4.92. The normalized spacial score (nSPS) is 20.4. The molecule has 4 nitrogen and oxygen atoms in total. The molecule has 0 bridgehead atoms. The second-order valence-electron chi connectivity index (χ2n) is 5.70. The van der Waals surface area contributed by atoms with Gasteiger partial charge in [0.05, 0.1) is 0 Å². The number of hydrogen-bond acceptors (Lipinski definition) is 4. The predicted molar refractivity (Wildman–Crippen MR) is 80.8 cm³/mol. The van der Waals surface area contributed by atoms with Crippen molar-refractivity contribution in [2.24, 2.45) is 0 Å². The summed E-state index contributed by atoms with van der Waals surface area (Å²) >= 11 is 0. The third kappa shape index (κ3) is 4.60. The van der Waals surface area contributed by atoms with Gasteiger partial charge in [0.1, 0.15) is 5.75 Å². The van der Waals surface area contributed by atoms with Gasteiger partial charge in [0, 0.05) is 6.54 Å². The van der Waals surface area contributed by atoms with Crippen LogP contribution in [0.4, 0.5) is 13.2 Å². The molecule has 1 heterocycles. The largest absolute Gasteiger partial charge is 0.534 e. The zero-order valence-electron chi connectivity index (χ0n) is 12.8. The minimum atomic E-state index is -5.63. The minimum absolute atomic E-state index is 0.174. The van der Waals surface area contributed by atoms with Crippen molar-refractivity contribution in [3.8, 4) is 5.75 Å². The molecule has 0 spiro atoms. The first-order valence-electron chi connectivity index (χ1n) is 7.56. The molecule has 0 saturated carbocycles. The van der Waals surface area contributed by atoms with Gasteiger partial charge in [0.2, 0.25) is 0 Å². The summed E-state index contributed by atoms with van der Waals surface area (Å²) in [4.78, 5) is 2.31. The first kappa shape index (κ1) is 18.1. The van der Waals surface area contributed by atoms with Crippen LogP contribution in [0.2, 0.25) is 0 Å². The number of halogens is 3. The van der Waals surface area contributed by atoms with Gasteiger partial charge >= 0.3 is 15.6 Å². The zero-order chi connectivity index (χ0) is 17.1. The molecule has 1 aromatic carbocycles. The van der Waals surface area contributed by atoms with E-state index in [1.54, 1.807) is 6.07 Å². The Bertz CT molecular complexity index is 629. The molecule has 1 aliphatic rings. The molecular formula is C15H20F3NO3S. The van der Waals surface area contributed by atoms with E-state index in [0.717, 1.165) is 44.5 Å². The molecule has 0 radical (unpaired) electrons. The number of piperidine rings is 1. The summed E-state index contributed by atoms with van der Waals surface area (Å²) < 4.78 is 63.6. The first-order valence-corrected chi connectivity index (χ1v) is 8.97. The average Bonchev–Trinajstić information content (AvgIpc) is 2.46. The van der Waals surface area contributed by atoms with Gasteiger partial charge in [0.15, 0.2) is 0 Å². The van der Waals surface area contributed by atoms with Crippen molar-refractivity contribution in [2.75, 3.05) is 19.6 Å². The highest BCUT2D eigenvalue weighted by Gasteiger charge is 2.48. The van der Waals surface area contributed by atoms with Crippen LogP contribution in [0, 0.1) is 0 Å². The van der Waals surface area contributed by atoms with Crippen LogP contribution in [0.15, 0.2) is 24.3 Å². The van der Waals surface area contributed by atoms with Gasteiger partial charge in [-0.3, -0.25) is 0 Å². The fraction of sp³-hybridized carbons (Fsp3) is 0.600. The molecule has 1 atom stereocenters. The van der Waals surface area contributed by atoms with Crippen LogP contribution < -0.4 is 4.18 Å². The second-order valence-corrected chi connectivity index (χ2v) is 7.23. The summed E-state index contributed by atoms with van der Waals surface area (Å²) in [5.74, 6) is -0.125. The number of alkyl halides is 3. The maximum absolute atomic E-state index is 12.4. The van der Waals surface area contributed by atoms with Crippen molar-refractivity contribution in [3.63, 3.8) is 0 Å². The third-order valence-corrected chi connectivity index (χ3v) is 4.84. The number of hydrogen-bond donors (Lipinski definition) is 0. The smallest absolute Gasteiger partial charge is 0.376 e. The molecule has 23 heavy (non-hydrogen) atoms. The SMILES string of the molecule is CCCN1CCCC(c2cccc(OS(=O)(=O)C(F)(F)F)c2)C1. The molecule has 0 aliphatic carbocycles. The molecule has 0 aromatic heterocycles. The zero-order valence-corrected chi connectivity index (χ0v) is 13.7. The molecular weight excluding hydrogens is 331 g/mol. The van der Waals surface area contributed by atoms with Crippen LogP contribution in [-0.4, -0.2) is 38.5 Å². The molecule has 1 aliphatic heterocycles. The Balaban J connectivity index is 2.14. The van der Waals surface area contributed by atoms with Gasteiger partial charge in [-0.05, 0) is 56.0 Å². The predicted octanol–water partition coefficient (Wildman–Crippen LogP) is 3.50. The van der Waals surface area contributed by atoms with Crippen molar-refractivity contribution in [1.29, 1.82) is 0 Å². The molecule has 0 N–H and O–H groups in total.